The highest BCUT2D eigenvalue weighted by Gasteiger charge is 2.11. The number of hydrogen-bond acceptors (Lipinski definition) is 3. The third kappa shape index (κ3) is 3.41. The topological polar surface area (TPSA) is 53.1 Å². The molecule has 1 atom stereocenters. The average molecular weight is 338 g/mol. The first-order valence-electron chi connectivity index (χ1n) is 6.67. The van der Waals surface area contributed by atoms with Crippen molar-refractivity contribution < 1.29 is 4.74 Å². The van der Waals surface area contributed by atoms with Crippen LogP contribution in [0, 0.1) is 0 Å². The van der Waals surface area contributed by atoms with Gasteiger partial charge in [0.05, 0.1) is 18.2 Å². The van der Waals surface area contributed by atoms with Crippen LogP contribution in [-0.4, -0.2) is 9.55 Å². The van der Waals surface area contributed by atoms with E-state index in [0.29, 0.717) is 12.6 Å². The molecule has 108 valence electrons. The normalized spacial score (nSPS) is 12.7. The van der Waals surface area contributed by atoms with Crippen LogP contribution in [-0.2, 0) is 6.61 Å². The molecule has 0 aliphatic heterocycles. The molecule has 2 rings (SSSR count). The Bertz CT molecular complexity index is 578. The molecule has 0 saturated carbocycles. The Kier molecular flexibility index (Phi) is 4.83. The molecule has 0 fully saturated rings. The Labute approximate surface area is 128 Å². The zero-order chi connectivity index (χ0) is 14.7. The lowest BCUT2D eigenvalue weighted by Gasteiger charge is -2.16. The van der Waals surface area contributed by atoms with Crippen LogP contribution in [0.2, 0.25) is 0 Å². The lowest BCUT2D eigenvalue weighted by molar-refractivity contribution is 0.287. The molecule has 0 aliphatic carbocycles. The van der Waals surface area contributed by atoms with Gasteiger partial charge in [-0.15, -0.1) is 0 Å². The first kappa shape index (κ1) is 15.1. The minimum absolute atomic E-state index is 0.0619. The summed E-state index contributed by atoms with van der Waals surface area (Å²) in [7, 11) is 0. The summed E-state index contributed by atoms with van der Waals surface area (Å²) >= 11 is 3.46. The quantitative estimate of drug-likeness (QED) is 0.902. The highest BCUT2D eigenvalue weighted by Crippen LogP contribution is 2.28. The zero-order valence-electron chi connectivity index (χ0n) is 12.0. The van der Waals surface area contributed by atoms with E-state index in [1.807, 2.05) is 37.6 Å². The van der Waals surface area contributed by atoms with E-state index in [2.05, 4.69) is 39.3 Å². The lowest BCUT2D eigenvalue weighted by Crippen LogP contribution is -2.10. The number of hydrogen-bond donors (Lipinski definition) is 1. The standard InChI is InChI=1S/C15H20BrN3O/c1-10(2)19-9-18-7-13(19)8-20-15-6-12(16)4-5-14(15)11(3)17/h4-7,9-11H,8,17H2,1-3H3/t11-/m0/s1. The van der Waals surface area contributed by atoms with Gasteiger partial charge in [-0.25, -0.2) is 4.98 Å². The Morgan fingerprint density at radius 3 is 2.75 bits per heavy atom. The molecule has 1 aromatic carbocycles. The summed E-state index contributed by atoms with van der Waals surface area (Å²) in [5.74, 6) is 0.811. The van der Waals surface area contributed by atoms with Gasteiger partial charge in [-0.05, 0) is 32.9 Å². The van der Waals surface area contributed by atoms with E-state index < -0.39 is 0 Å². The number of nitrogens with two attached hydrogens (primary N) is 1. The van der Waals surface area contributed by atoms with Crippen molar-refractivity contribution in [2.45, 2.75) is 39.5 Å². The SMILES string of the molecule is CC(C)n1cncc1COc1cc(Br)ccc1[C@H](C)N. The first-order valence-corrected chi connectivity index (χ1v) is 7.47. The van der Waals surface area contributed by atoms with Crippen molar-refractivity contribution in [1.82, 2.24) is 9.55 Å². The molecular weight excluding hydrogens is 318 g/mol. The van der Waals surface area contributed by atoms with Gasteiger partial charge in [-0.3, -0.25) is 0 Å². The molecule has 1 aromatic heterocycles. The van der Waals surface area contributed by atoms with E-state index in [4.69, 9.17) is 10.5 Å². The Balaban J connectivity index is 2.18. The zero-order valence-corrected chi connectivity index (χ0v) is 13.6. The maximum Gasteiger partial charge on any atom is 0.130 e. The molecule has 2 N–H and O–H groups in total. The number of benzene rings is 1. The van der Waals surface area contributed by atoms with E-state index in [-0.39, 0.29) is 6.04 Å². The number of rotatable bonds is 5. The predicted octanol–water partition coefficient (Wildman–Crippen LogP) is 3.83. The summed E-state index contributed by atoms with van der Waals surface area (Å²) in [5, 5.41) is 0. The van der Waals surface area contributed by atoms with Gasteiger partial charge in [0.25, 0.3) is 0 Å². The molecule has 5 heteroatoms. The number of imidazole rings is 1. The maximum atomic E-state index is 5.98. The number of nitrogens with zero attached hydrogens (tertiary/aromatic N) is 2. The molecule has 0 spiro atoms. The van der Waals surface area contributed by atoms with Crippen molar-refractivity contribution in [2.75, 3.05) is 0 Å². The van der Waals surface area contributed by atoms with Crippen LogP contribution in [0.1, 0.15) is 44.1 Å². The van der Waals surface area contributed by atoms with Gasteiger partial charge < -0.3 is 15.0 Å². The second kappa shape index (κ2) is 6.41. The van der Waals surface area contributed by atoms with Gasteiger partial charge in [-0.1, -0.05) is 22.0 Å². The first-order chi connectivity index (χ1) is 9.49. The fourth-order valence-electron chi connectivity index (χ4n) is 2.07. The van der Waals surface area contributed by atoms with E-state index in [1.54, 1.807) is 0 Å². The Morgan fingerprint density at radius 1 is 1.35 bits per heavy atom. The van der Waals surface area contributed by atoms with Gasteiger partial charge in [0, 0.05) is 22.1 Å². The molecule has 1 heterocycles. The largest absolute Gasteiger partial charge is 0.487 e. The molecule has 0 bridgehead atoms. The fourth-order valence-corrected chi connectivity index (χ4v) is 2.41. The second-order valence-electron chi connectivity index (χ2n) is 5.15. The molecule has 0 unspecified atom stereocenters. The summed E-state index contributed by atoms with van der Waals surface area (Å²) in [5.41, 5.74) is 8.03. The van der Waals surface area contributed by atoms with E-state index in [9.17, 15) is 0 Å². The van der Waals surface area contributed by atoms with Crippen LogP contribution in [0.25, 0.3) is 0 Å². The smallest absolute Gasteiger partial charge is 0.130 e. The van der Waals surface area contributed by atoms with Crippen molar-refractivity contribution in [3.8, 4) is 5.75 Å². The minimum atomic E-state index is -0.0619. The van der Waals surface area contributed by atoms with E-state index in [1.165, 1.54) is 0 Å². The van der Waals surface area contributed by atoms with Crippen LogP contribution in [0.3, 0.4) is 0 Å². The molecule has 4 nitrogen and oxygen atoms in total. The van der Waals surface area contributed by atoms with Gasteiger partial charge in [0.15, 0.2) is 0 Å². The lowest BCUT2D eigenvalue weighted by atomic mass is 10.1. The number of halogens is 1. The summed E-state index contributed by atoms with van der Waals surface area (Å²) in [6.45, 7) is 6.68. The molecule has 0 aliphatic rings. The average Bonchev–Trinajstić information content (AvgIpc) is 2.84. The number of ether oxygens (including phenoxy) is 1. The molecule has 0 saturated heterocycles. The predicted molar refractivity (Wildman–Crippen MR) is 83.7 cm³/mol. The molecule has 2 aromatic rings. The van der Waals surface area contributed by atoms with Crippen molar-refractivity contribution in [3.05, 3.63) is 46.5 Å². The maximum absolute atomic E-state index is 5.98. The van der Waals surface area contributed by atoms with Crippen LogP contribution in [0.15, 0.2) is 35.2 Å². The molecule has 0 radical (unpaired) electrons. The summed E-state index contributed by atoms with van der Waals surface area (Å²) in [6, 6.07) is 6.22. The summed E-state index contributed by atoms with van der Waals surface area (Å²) in [6.07, 6.45) is 3.67. The van der Waals surface area contributed by atoms with Gasteiger partial charge in [0.1, 0.15) is 12.4 Å². The van der Waals surface area contributed by atoms with Crippen molar-refractivity contribution in [3.63, 3.8) is 0 Å². The van der Waals surface area contributed by atoms with Crippen LogP contribution < -0.4 is 10.5 Å². The summed E-state index contributed by atoms with van der Waals surface area (Å²) in [4.78, 5) is 4.18. The summed E-state index contributed by atoms with van der Waals surface area (Å²) < 4.78 is 9.03. The fraction of sp³-hybridized carbons (Fsp3) is 0.400. The molecular formula is C15H20BrN3O. The van der Waals surface area contributed by atoms with Crippen LogP contribution >= 0.6 is 15.9 Å². The number of aromatic nitrogens is 2. The third-order valence-electron chi connectivity index (χ3n) is 3.14. The second-order valence-corrected chi connectivity index (χ2v) is 6.06. The van der Waals surface area contributed by atoms with Crippen molar-refractivity contribution in [2.24, 2.45) is 5.73 Å². The highest BCUT2D eigenvalue weighted by atomic mass is 79.9. The highest BCUT2D eigenvalue weighted by molar-refractivity contribution is 9.10. The van der Waals surface area contributed by atoms with Crippen LogP contribution in [0.5, 0.6) is 5.75 Å². The Morgan fingerprint density at radius 2 is 2.10 bits per heavy atom. The Hall–Kier alpha value is -1.33. The van der Waals surface area contributed by atoms with Crippen molar-refractivity contribution >= 4 is 15.9 Å². The van der Waals surface area contributed by atoms with E-state index in [0.717, 1.165) is 21.5 Å². The molecule has 20 heavy (non-hydrogen) atoms. The third-order valence-corrected chi connectivity index (χ3v) is 3.64. The minimum Gasteiger partial charge on any atom is -0.487 e. The van der Waals surface area contributed by atoms with Crippen LogP contribution in [0.4, 0.5) is 0 Å². The van der Waals surface area contributed by atoms with Gasteiger partial charge >= 0.3 is 0 Å². The molecule has 0 amide bonds. The monoisotopic (exact) mass is 337 g/mol. The van der Waals surface area contributed by atoms with Gasteiger partial charge in [0.2, 0.25) is 0 Å². The van der Waals surface area contributed by atoms with E-state index >= 15 is 0 Å². The van der Waals surface area contributed by atoms with Crippen molar-refractivity contribution in [1.29, 1.82) is 0 Å². The van der Waals surface area contributed by atoms with Gasteiger partial charge in [-0.2, -0.15) is 0 Å².